The molecule has 3 N–H and O–H groups in total. The Hall–Kier alpha value is -0.620. The summed E-state index contributed by atoms with van der Waals surface area (Å²) in [5, 5.41) is 11.6. The minimum Gasteiger partial charge on any atom is -0.506 e. The van der Waals surface area contributed by atoms with E-state index < -0.39 is 11.9 Å². The summed E-state index contributed by atoms with van der Waals surface area (Å²) in [5.74, 6) is -0.637. The van der Waals surface area contributed by atoms with Crippen molar-refractivity contribution in [2.24, 2.45) is 5.73 Å². The van der Waals surface area contributed by atoms with Crippen molar-refractivity contribution in [1.29, 1.82) is 0 Å². The molecule has 0 saturated carbocycles. The number of thiophene rings is 1. The molecule has 0 unspecified atom stereocenters. The van der Waals surface area contributed by atoms with Crippen molar-refractivity contribution in [3.05, 3.63) is 50.4 Å². The van der Waals surface area contributed by atoms with Crippen molar-refractivity contribution < 1.29 is 9.50 Å². The molecule has 92 valence electrons. The molecule has 0 aliphatic heterocycles. The number of nitrogens with two attached hydrogens (primary N) is 1. The van der Waals surface area contributed by atoms with E-state index >= 15 is 0 Å². The van der Waals surface area contributed by atoms with Gasteiger partial charge in [0.2, 0.25) is 0 Å². The zero-order valence-corrected chi connectivity index (χ0v) is 11.8. The molecule has 0 fully saturated rings. The summed E-state index contributed by atoms with van der Waals surface area (Å²) in [6.45, 7) is 0. The molecule has 1 aromatic carbocycles. The number of halogens is 3. The monoisotopic (exact) mass is 337 g/mol. The van der Waals surface area contributed by atoms with Gasteiger partial charge in [0.15, 0.2) is 0 Å². The van der Waals surface area contributed by atoms with Crippen molar-refractivity contribution in [3.63, 3.8) is 0 Å². The first-order chi connectivity index (χ1) is 7.61. The molecule has 0 aliphatic carbocycles. The average Bonchev–Trinajstić information content (AvgIpc) is 2.77. The molecule has 0 amide bonds. The van der Waals surface area contributed by atoms with Gasteiger partial charge in [0, 0.05) is 4.88 Å². The number of rotatable bonds is 2. The fourth-order valence-electron chi connectivity index (χ4n) is 1.46. The van der Waals surface area contributed by atoms with Gasteiger partial charge < -0.3 is 10.8 Å². The first-order valence-corrected chi connectivity index (χ1v) is 6.24. The van der Waals surface area contributed by atoms with Crippen LogP contribution in [-0.2, 0) is 0 Å². The molecule has 0 spiro atoms. The molecule has 0 saturated heterocycles. The second-order valence-electron chi connectivity index (χ2n) is 3.28. The lowest BCUT2D eigenvalue weighted by molar-refractivity contribution is 0.451. The van der Waals surface area contributed by atoms with Gasteiger partial charge in [0.25, 0.3) is 0 Å². The van der Waals surface area contributed by atoms with Crippen LogP contribution in [0.15, 0.2) is 34.1 Å². The van der Waals surface area contributed by atoms with Crippen molar-refractivity contribution in [1.82, 2.24) is 0 Å². The van der Waals surface area contributed by atoms with Gasteiger partial charge in [-0.05, 0) is 39.5 Å². The third-order valence-electron chi connectivity index (χ3n) is 2.28. The normalized spacial score (nSPS) is 11.9. The number of phenols is 1. The van der Waals surface area contributed by atoms with Crippen molar-refractivity contribution in [2.75, 3.05) is 0 Å². The van der Waals surface area contributed by atoms with Crippen LogP contribution >= 0.6 is 39.7 Å². The number of hydrogen-bond donors (Lipinski definition) is 2. The van der Waals surface area contributed by atoms with E-state index in [4.69, 9.17) is 5.73 Å². The Kier molecular flexibility index (Phi) is 4.94. The summed E-state index contributed by atoms with van der Waals surface area (Å²) in [4.78, 5) is 0.812. The number of benzene rings is 1. The van der Waals surface area contributed by atoms with Crippen LogP contribution < -0.4 is 5.73 Å². The van der Waals surface area contributed by atoms with Gasteiger partial charge in [0.05, 0.1) is 16.1 Å². The highest BCUT2D eigenvalue weighted by Crippen LogP contribution is 2.36. The van der Waals surface area contributed by atoms with E-state index in [2.05, 4.69) is 15.9 Å². The topological polar surface area (TPSA) is 46.2 Å². The molecule has 1 heterocycles. The van der Waals surface area contributed by atoms with Gasteiger partial charge in [-0.25, -0.2) is 4.39 Å². The van der Waals surface area contributed by atoms with Gasteiger partial charge in [-0.2, -0.15) is 0 Å². The van der Waals surface area contributed by atoms with Crippen LogP contribution in [0, 0.1) is 5.82 Å². The SMILES string of the molecule is Cl.N[C@H](c1cccs1)c1c(F)ccc(Br)c1O. The van der Waals surface area contributed by atoms with Crippen LogP contribution in [0.5, 0.6) is 5.75 Å². The van der Waals surface area contributed by atoms with Gasteiger partial charge in [-0.15, -0.1) is 23.7 Å². The Morgan fingerprint density at radius 2 is 2.06 bits per heavy atom. The zero-order chi connectivity index (χ0) is 11.7. The zero-order valence-electron chi connectivity index (χ0n) is 8.56. The quantitative estimate of drug-likeness (QED) is 0.874. The van der Waals surface area contributed by atoms with E-state index in [1.54, 1.807) is 0 Å². The largest absolute Gasteiger partial charge is 0.506 e. The molecule has 17 heavy (non-hydrogen) atoms. The van der Waals surface area contributed by atoms with Crippen LogP contribution in [0.4, 0.5) is 4.39 Å². The highest BCUT2D eigenvalue weighted by molar-refractivity contribution is 9.10. The first-order valence-electron chi connectivity index (χ1n) is 4.57. The summed E-state index contributed by atoms with van der Waals surface area (Å²) >= 11 is 4.57. The van der Waals surface area contributed by atoms with E-state index in [0.717, 1.165) is 4.88 Å². The minimum atomic E-state index is -0.641. The maximum absolute atomic E-state index is 13.6. The molecule has 1 atom stereocenters. The van der Waals surface area contributed by atoms with E-state index in [-0.39, 0.29) is 23.7 Å². The average molecular weight is 339 g/mol. The smallest absolute Gasteiger partial charge is 0.137 e. The Balaban J connectivity index is 0.00000144. The lowest BCUT2D eigenvalue weighted by Crippen LogP contribution is -2.12. The lowest BCUT2D eigenvalue weighted by atomic mass is 10.0. The molecule has 0 bridgehead atoms. The van der Waals surface area contributed by atoms with Crippen LogP contribution in [0.3, 0.4) is 0 Å². The Morgan fingerprint density at radius 1 is 1.35 bits per heavy atom. The molecule has 0 radical (unpaired) electrons. The Morgan fingerprint density at radius 3 is 2.65 bits per heavy atom. The molecule has 1 aromatic heterocycles. The summed E-state index contributed by atoms with van der Waals surface area (Å²) in [5.41, 5.74) is 6.04. The second kappa shape index (κ2) is 5.82. The molecular weight excluding hydrogens is 329 g/mol. The molecule has 0 aliphatic rings. The van der Waals surface area contributed by atoms with Gasteiger partial charge in [-0.3, -0.25) is 0 Å². The molecule has 2 aromatic rings. The predicted molar refractivity (Wildman–Crippen MR) is 73.4 cm³/mol. The summed E-state index contributed by atoms with van der Waals surface area (Å²) in [6.07, 6.45) is 0. The van der Waals surface area contributed by atoms with Crippen molar-refractivity contribution in [2.45, 2.75) is 6.04 Å². The predicted octanol–water partition coefficient (Wildman–Crippen LogP) is 3.83. The Bertz CT molecular complexity index is 506. The molecule has 2 nitrogen and oxygen atoms in total. The molecule has 2 rings (SSSR count). The standard InChI is InChI=1S/C11H9BrFNOS.ClH/c12-6-3-4-7(13)9(11(6)15)10(14)8-2-1-5-16-8;/h1-5,10,15H,14H2;1H/t10-;/m1./s1. The Labute approximate surface area is 117 Å². The van der Waals surface area contributed by atoms with Crippen LogP contribution in [0.1, 0.15) is 16.5 Å². The van der Waals surface area contributed by atoms with Gasteiger partial charge in [0.1, 0.15) is 11.6 Å². The van der Waals surface area contributed by atoms with E-state index in [1.165, 1.54) is 23.5 Å². The van der Waals surface area contributed by atoms with Crippen LogP contribution in [0.25, 0.3) is 0 Å². The maximum atomic E-state index is 13.6. The first kappa shape index (κ1) is 14.4. The van der Waals surface area contributed by atoms with Crippen LogP contribution in [-0.4, -0.2) is 5.11 Å². The number of aromatic hydroxyl groups is 1. The van der Waals surface area contributed by atoms with Crippen LogP contribution in [0.2, 0.25) is 0 Å². The summed E-state index contributed by atoms with van der Waals surface area (Å²) in [6, 6.07) is 5.75. The van der Waals surface area contributed by atoms with Crippen molar-refractivity contribution >= 4 is 39.7 Å². The molecule has 6 heteroatoms. The van der Waals surface area contributed by atoms with E-state index in [1.807, 2.05) is 17.5 Å². The third kappa shape index (κ3) is 2.80. The number of hydrogen-bond acceptors (Lipinski definition) is 3. The summed E-state index contributed by atoms with van der Waals surface area (Å²) in [7, 11) is 0. The highest BCUT2D eigenvalue weighted by atomic mass is 79.9. The highest BCUT2D eigenvalue weighted by Gasteiger charge is 2.20. The summed E-state index contributed by atoms with van der Waals surface area (Å²) < 4.78 is 14.1. The fourth-order valence-corrected chi connectivity index (χ4v) is 2.54. The lowest BCUT2D eigenvalue weighted by Gasteiger charge is -2.13. The van der Waals surface area contributed by atoms with Crippen molar-refractivity contribution in [3.8, 4) is 5.75 Å². The maximum Gasteiger partial charge on any atom is 0.137 e. The number of phenolic OH excluding ortho intramolecular Hbond substituents is 1. The van der Waals surface area contributed by atoms with E-state index in [9.17, 15) is 9.50 Å². The minimum absolute atomic E-state index is 0. The van der Waals surface area contributed by atoms with E-state index in [0.29, 0.717) is 4.47 Å². The fraction of sp³-hybridized carbons (Fsp3) is 0.0909. The van der Waals surface area contributed by atoms with Gasteiger partial charge in [-0.1, -0.05) is 6.07 Å². The third-order valence-corrected chi connectivity index (χ3v) is 3.87. The second-order valence-corrected chi connectivity index (χ2v) is 5.12. The van der Waals surface area contributed by atoms with Gasteiger partial charge >= 0.3 is 0 Å². The molecular formula is C11H10BrClFNOS.